The SMILES string of the molecule is CNCCC1CN(CC2CCC(n3ccc4c(N)ncnc43)O2)CCO1. The Morgan fingerprint density at radius 2 is 2.23 bits per heavy atom. The quantitative estimate of drug-likeness (QED) is 0.794. The van der Waals surface area contributed by atoms with Gasteiger partial charge in [0.05, 0.1) is 24.2 Å². The molecule has 0 bridgehead atoms. The number of ether oxygens (including phenoxy) is 2. The zero-order valence-corrected chi connectivity index (χ0v) is 15.3. The van der Waals surface area contributed by atoms with E-state index in [1.54, 1.807) is 0 Å². The van der Waals surface area contributed by atoms with E-state index in [2.05, 4.69) is 24.8 Å². The molecule has 2 saturated heterocycles. The van der Waals surface area contributed by atoms with Crippen LogP contribution < -0.4 is 11.1 Å². The number of nitrogen functional groups attached to an aromatic ring is 1. The number of hydrogen-bond acceptors (Lipinski definition) is 7. The van der Waals surface area contributed by atoms with Crippen LogP contribution in [0, 0.1) is 0 Å². The minimum absolute atomic E-state index is 0.0212. The monoisotopic (exact) mass is 360 g/mol. The Labute approximate surface area is 153 Å². The maximum Gasteiger partial charge on any atom is 0.147 e. The van der Waals surface area contributed by atoms with Gasteiger partial charge in [0.2, 0.25) is 0 Å². The maximum atomic E-state index is 6.34. The molecule has 0 spiro atoms. The van der Waals surface area contributed by atoms with Crippen LogP contribution in [-0.4, -0.2) is 71.5 Å². The third-order valence-corrected chi connectivity index (χ3v) is 5.34. The second-order valence-electron chi connectivity index (χ2n) is 7.15. The molecule has 0 radical (unpaired) electrons. The summed E-state index contributed by atoms with van der Waals surface area (Å²) < 4.78 is 14.3. The van der Waals surface area contributed by atoms with Crippen LogP contribution in [0.2, 0.25) is 0 Å². The second kappa shape index (κ2) is 7.87. The first-order valence-electron chi connectivity index (χ1n) is 9.45. The van der Waals surface area contributed by atoms with Gasteiger partial charge in [0, 0.05) is 25.8 Å². The third kappa shape index (κ3) is 3.68. The number of fused-ring (bicyclic) bond motifs is 1. The van der Waals surface area contributed by atoms with Crippen molar-refractivity contribution in [3.63, 3.8) is 0 Å². The Morgan fingerprint density at radius 1 is 1.31 bits per heavy atom. The van der Waals surface area contributed by atoms with Crippen molar-refractivity contribution in [1.29, 1.82) is 0 Å². The Morgan fingerprint density at radius 3 is 3.12 bits per heavy atom. The Kier molecular flexibility index (Phi) is 5.35. The van der Waals surface area contributed by atoms with E-state index >= 15 is 0 Å². The summed E-state index contributed by atoms with van der Waals surface area (Å²) in [7, 11) is 1.98. The second-order valence-corrected chi connectivity index (χ2v) is 7.15. The van der Waals surface area contributed by atoms with Crippen molar-refractivity contribution in [1.82, 2.24) is 24.8 Å². The molecule has 2 aromatic rings. The van der Waals surface area contributed by atoms with E-state index in [0.29, 0.717) is 11.9 Å². The van der Waals surface area contributed by atoms with E-state index in [0.717, 1.165) is 63.1 Å². The van der Waals surface area contributed by atoms with Crippen LogP contribution >= 0.6 is 0 Å². The summed E-state index contributed by atoms with van der Waals surface area (Å²) in [5.41, 5.74) is 6.79. The molecule has 2 aliphatic heterocycles. The number of hydrogen-bond donors (Lipinski definition) is 2. The normalized spacial score (nSPS) is 27.3. The van der Waals surface area contributed by atoms with Crippen molar-refractivity contribution in [2.45, 2.75) is 37.7 Å². The molecule has 4 rings (SSSR count). The van der Waals surface area contributed by atoms with Gasteiger partial charge in [-0.15, -0.1) is 0 Å². The highest BCUT2D eigenvalue weighted by molar-refractivity contribution is 5.86. The van der Waals surface area contributed by atoms with E-state index in [4.69, 9.17) is 15.2 Å². The highest BCUT2D eigenvalue weighted by atomic mass is 16.5. The molecular weight excluding hydrogens is 332 g/mol. The largest absolute Gasteiger partial charge is 0.383 e. The molecule has 8 heteroatoms. The van der Waals surface area contributed by atoms with Crippen molar-refractivity contribution in [2.75, 3.05) is 45.6 Å². The van der Waals surface area contributed by atoms with E-state index in [1.165, 1.54) is 6.33 Å². The summed E-state index contributed by atoms with van der Waals surface area (Å²) in [4.78, 5) is 10.9. The summed E-state index contributed by atoms with van der Waals surface area (Å²) in [6, 6.07) is 1.97. The summed E-state index contributed by atoms with van der Waals surface area (Å²) >= 11 is 0. The van der Waals surface area contributed by atoms with E-state index in [1.807, 2.05) is 19.3 Å². The van der Waals surface area contributed by atoms with Crippen LogP contribution in [-0.2, 0) is 9.47 Å². The molecule has 4 heterocycles. The lowest BCUT2D eigenvalue weighted by molar-refractivity contribution is -0.0596. The molecule has 0 amide bonds. The van der Waals surface area contributed by atoms with Gasteiger partial charge in [0.25, 0.3) is 0 Å². The molecule has 142 valence electrons. The fraction of sp³-hybridized carbons (Fsp3) is 0.667. The van der Waals surface area contributed by atoms with Crippen molar-refractivity contribution in [3.8, 4) is 0 Å². The fourth-order valence-electron chi connectivity index (χ4n) is 3.96. The zero-order chi connectivity index (χ0) is 17.9. The summed E-state index contributed by atoms with van der Waals surface area (Å²) in [6.45, 7) is 4.74. The average Bonchev–Trinajstić information content (AvgIpc) is 3.28. The van der Waals surface area contributed by atoms with E-state index in [9.17, 15) is 0 Å². The van der Waals surface area contributed by atoms with E-state index in [-0.39, 0.29) is 12.3 Å². The highest BCUT2D eigenvalue weighted by Crippen LogP contribution is 2.32. The third-order valence-electron chi connectivity index (χ3n) is 5.34. The van der Waals surface area contributed by atoms with Gasteiger partial charge in [-0.1, -0.05) is 0 Å². The van der Waals surface area contributed by atoms with Gasteiger partial charge >= 0.3 is 0 Å². The number of anilines is 1. The van der Waals surface area contributed by atoms with Gasteiger partial charge in [0.15, 0.2) is 0 Å². The number of nitrogens with one attached hydrogen (secondary N) is 1. The fourth-order valence-corrected chi connectivity index (χ4v) is 3.96. The lowest BCUT2D eigenvalue weighted by Gasteiger charge is -2.34. The number of morpholine rings is 1. The Hall–Kier alpha value is -1.74. The van der Waals surface area contributed by atoms with Crippen LogP contribution in [0.25, 0.3) is 11.0 Å². The standard InChI is InChI=1S/C18H28N6O2/c1-20-6-4-13-10-23(8-9-25-13)11-14-2-3-16(26-14)24-7-5-15-17(19)21-12-22-18(15)24/h5,7,12-14,16,20H,2-4,6,8-11H2,1H3,(H2,19,21,22). The average molecular weight is 360 g/mol. The smallest absolute Gasteiger partial charge is 0.147 e. The molecule has 2 aliphatic rings. The molecule has 3 atom stereocenters. The molecule has 0 saturated carbocycles. The Bertz CT molecular complexity index is 736. The van der Waals surface area contributed by atoms with Crippen LogP contribution in [0.5, 0.6) is 0 Å². The molecule has 8 nitrogen and oxygen atoms in total. The summed E-state index contributed by atoms with van der Waals surface area (Å²) in [6.07, 6.45) is 7.21. The molecule has 3 unspecified atom stereocenters. The predicted octanol–water partition coefficient (Wildman–Crippen LogP) is 1.00. The molecule has 0 aromatic carbocycles. The number of rotatable bonds is 6. The molecule has 0 aliphatic carbocycles. The topological polar surface area (TPSA) is 90.5 Å². The van der Waals surface area contributed by atoms with Gasteiger partial charge in [-0.05, 0) is 38.9 Å². The van der Waals surface area contributed by atoms with Gasteiger partial charge in [-0.25, -0.2) is 9.97 Å². The minimum Gasteiger partial charge on any atom is -0.383 e. The van der Waals surface area contributed by atoms with Crippen LogP contribution in [0.15, 0.2) is 18.6 Å². The van der Waals surface area contributed by atoms with Crippen molar-refractivity contribution in [2.24, 2.45) is 0 Å². The molecule has 3 N–H and O–H groups in total. The van der Waals surface area contributed by atoms with E-state index < -0.39 is 0 Å². The first kappa shape index (κ1) is 17.7. The molecule has 26 heavy (non-hydrogen) atoms. The molecular formula is C18H28N6O2. The highest BCUT2D eigenvalue weighted by Gasteiger charge is 2.30. The maximum absolute atomic E-state index is 6.34. The van der Waals surface area contributed by atoms with Crippen molar-refractivity contribution < 1.29 is 9.47 Å². The Balaban J connectivity index is 1.35. The van der Waals surface area contributed by atoms with Crippen LogP contribution in [0.3, 0.4) is 0 Å². The summed E-state index contributed by atoms with van der Waals surface area (Å²) in [5.74, 6) is 0.518. The molecule has 2 aromatic heterocycles. The minimum atomic E-state index is 0.0212. The predicted molar refractivity (Wildman–Crippen MR) is 99.8 cm³/mol. The van der Waals surface area contributed by atoms with Gasteiger partial charge < -0.3 is 25.1 Å². The first-order chi connectivity index (χ1) is 12.7. The lowest BCUT2D eigenvalue weighted by atomic mass is 10.1. The van der Waals surface area contributed by atoms with Gasteiger partial charge in [-0.3, -0.25) is 4.90 Å². The zero-order valence-electron chi connectivity index (χ0n) is 15.3. The first-order valence-corrected chi connectivity index (χ1v) is 9.45. The van der Waals surface area contributed by atoms with Crippen molar-refractivity contribution >= 4 is 16.9 Å². The van der Waals surface area contributed by atoms with Crippen molar-refractivity contribution in [3.05, 3.63) is 18.6 Å². The van der Waals surface area contributed by atoms with Gasteiger partial charge in [-0.2, -0.15) is 0 Å². The number of nitrogens with zero attached hydrogens (tertiary/aromatic N) is 4. The number of aromatic nitrogens is 3. The summed E-state index contributed by atoms with van der Waals surface area (Å²) in [5, 5.41) is 4.09. The van der Waals surface area contributed by atoms with Gasteiger partial charge in [0.1, 0.15) is 24.0 Å². The van der Waals surface area contributed by atoms with Crippen LogP contribution in [0.1, 0.15) is 25.5 Å². The number of nitrogens with two attached hydrogens (primary N) is 1. The molecule has 2 fully saturated rings. The van der Waals surface area contributed by atoms with Crippen LogP contribution in [0.4, 0.5) is 5.82 Å². The lowest BCUT2D eigenvalue weighted by Crippen LogP contribution is -2.46.